The molecule has 1 aromatic carbocycles. The molecule has 0 radical (unpaired) electrons. The molecule has 2 atom stereocenters. The molecule has 0 amide bonds. The minimum Gasteiger partial charge on any atom is -0.487 e. The van der Waals surface area contributed by atoms with Crippen molar-refractivity contribution < 1.29 is 4.74 Å². The molecule has 1 aromatic rings. The minimum absolute atomic E-state index is 0.0562. The van der Waals surface area contributed by atoms with Gasteiger partial charge in [-0.25, -0.2) is 0 Å². The predicted molar refractivity (Wildman–Crippen MR) is 81.6 cm³/mol. The van der Waals surface area contributed by atoms with E-state index in [0.717, 1.165) is 35.5 Å². The lowest BCUT2D eigenvalue weighted by atomic mass is 9.82. The Labute approximate surface area is 124 Å². The van der Waals surface area contributed by atoms with E-state index in [-0.39, 0.29) is 5.60 Å². The summed E-state index contributed by atoms with van der Waals surface area (Å²) in [6.07, 6.45) is 4.87. The fourth-order valence-corrected chi connectivity index (χ4v) is 3.73. The summed E-state index contributed by atoms with van der Waals surface area (Å²) in [6, 6.07) is 6.87. The predicted octanol–water partition coefficient (Wildman–Crippen LogP) is 4.44. The molecule has 0 aromatic heterocycles. The maximum absolute atomic E-state index is 6.48. The summed E-state index contributed by atoms with van der Waals surface area (Å²) in [5.41, 5.74) is 1.37. The van der Waals surface area contributed by atoms with Crippen LogP contribution in [0, 0.1) is 5.92 Å². The van der Waals surface area contributed by atoms with Crippen molar-refractivity contribution in [3.05, 3.63) is 28.2 Å². The van der Waals surface area contributed by atoms with E-state index in [4.69, 9.17) is 4.74 Å². The highest BCUT2D eigenvalue weighted by Gasteiger charge is 2.50. The van der Waals surface area contributed by atoms with E-state index in [1.807, 2.05) is 0 Å². The number of rotatable bonds is 4. The number of halogens is 1. The van der Waals surface area contributed by atoms with Crippen LogP contribution < -0.4 is 10.1 Å². The maximum atomic E-state index is 6.48. The third kappa shape index (κ3) is 2.43. The zero-order valence-electron chi connectivity index (χ0n) is 11.7. The number of benzene rings is 1. The number of nitrogens with one attached hydrogen (secondary N) is 1. The van der Waals surface area contributed by atoms with Gasteiger partial charge in [-0.3, -0.25) is 0 Å². The van der Waals surface area contributed by atoms with E-state index in [9.17, 15) is 0 Å². The molecule has 1 saturated carbocycles. The highest BCUT2D eigenvalue weighted by molar-refractivity contribution is 9.10. The van der Waals surface area contributed by atoms with Crippen molar-refractivity contribution in [3.8, 4) is 5.75 Å². The van der Waals surface area contributed by atoms with Gasteiger partial charge < -0.3 is 10.1 Å². The summed E-state index contributed by atoms with van der Waals surface area (Å²) in [4.78, 5) is 0. The SMILES string of the molecule is CCNC1CC(CC)(C2CC2)Oc2cc(Br)ccc21. The van der Waals surface area contributed by atoms with Crippen LogP contribution in [0.5, 0.6) is 5.75 Å². The zero-order valence-corrected chi connectivity index (χ0v) is 13.3. The second-order valence-electron chi connectivity index (χ2n) is 5.79. The van der Waals surface area contributed by atoms with Gasteiger partial charge in [0.25, 0.3) is 0 Å². The lowest BCUT2D eigenvalue weighted by Crippen LogP contribution is -2.45. The summed E-state index contributed by atoms with van der Waals surface area (Å²) >= 11 is 3.56. The Hall–Kier alpha value is -0.540. The average molecular weight is 324 g/mol. The van der Waals surface area contributed by atoms with Crippen LogP contribution in [-0.2, 0) is 0 Å². The van der Waals surface area contributed by atoms with Gasteiger partial charge in [-0.15, -0.1) is 0 Å². The van der Waals surface area contributed by atoms with Crippen LogP contribution in [-0.4, -0.2) is 12.1 Å². The summed E-state index contributed by atoms with van der Waals surface area (Å²) in [7, 11) is 0. The number of hydrogen-bond acceptors (Lipinski definition) is 2. The highest BCUT2D eigenvalue weighted by atomic mass is 79.9. The van der Waals surface area contributed by atoms with E-state index in [0.29, 0.717) is 6.04 Å². The van der Waals surface area contributed by atoms with Gasteiger partial charge in [0.15, 0.2) is 0 Å². The van der Waals surface area contributed by atoms with E-state index in [1.165, 1.54) is 18.4 Å². The van der Waals surface area contributed by atoms with Gasteiger partial charge in [0, 0.05) is 22.5 Å². The second kappa shape index (κ2) is 5.10. The van der Waals surface area contributed by atoms with Crippen LogP contribution >= 0.6 is 15.9 Å². The van der Waals surface area contributed by atoms with E-state index in [1.54, 1.807) is 0 Å². The molecule has 1 heterocycles. The van der Waals surface area contributed by atoms with E-state index in [2.05, 4.69) is 53.3 Å². The lowest BCUT2D eigenvalue weighted by Gasteiger charge is -2.42. The van der Waals surface area contributed by atoms with Crippen LogP contribution in [0.15, 0.2) is 22.7 Å². The van der Waals surface area contributed by atoms with Crippen LogP contribution in [0.2, 0.25) is 0 Å². The molecule has 3 heteroatoms. The molecule has 104 valence electrons. The first-order valence-electron chi connectivity index (χ1n) is 7.40. The van der Waals surface area contributed by atoms with Crippen LogP contribution in [0.3, 0.4) is 0 Å². The van der Waals surface area contributed by atoms with Gasteiger partial charge in [-0.2, -0.15) is 0 Å². The highest BCUT2D eigenvalue weighted by Crippen LogP contribution is 2.52. The van der Waals surface area contributed by atoms with Gasteiger partial charge in [0.2, 0.25) is 0 Å². The fourth-order valence-electron chi connectivity index (χ4n) is 3.39. The summed E-state index contributed by atoms with van der Waals surface area (Å²) in [5.74, 6) is 1.83. The minimum atomic E-state index is 0.0562. The molecule has 1 fully saturated rings. The molecule has 2 nitrogen and oxygen atoms in total. The molecule has 2 aliphatic rings. The van der Waals surface area contributed by atoms with Crippen molar-refractivity contribution in [2.45, 2.75) is 51.2 Å². The largest absolute Gasteiger partial charge is 0.487 e. The van der Waals surface area contributed by atoms with Crippen molar-refractivity contribution in [1.29, 1.82) is 0 Å². The Kier molecular flexibility index (Phi) is 3.61. The summed E-state index contributed by atoms with van der Waals surface area (Å²) < 4.78 is 7.58. The standard InChI is InChI=1S/C16H22BrNO/c1-3-16(11-5-6-11)10-14(18-4-2)13-8-7-12(17)9-15(13)19-16/h7-9,11,14,18H,3-6,10H2,1-2H3. The molecule has 1 aliphatic heterocycles. The van der Waals surface area contributed by atoms with Gasteiger partial charge in [-0.1, -0.05) is 35.8 Å². The summed E-state index contributed by atoms with van der Waals surface area (Å²) in [6.45, 7) is 5.45. The van der Waals surface area contributed by atoms with Crippen molar-refractivity contribution in [2.24, 2.45) is 5.92 Å². The van der Waals surface area contributed by atoms with E-state index >= 15 is 0 Å². The first kappa shape index (κ1) is 13.4. The average Bonchev–Trinajstić information content (AvgIpc) is 3.23. The smallest absolute Gasteiger partial charge is 0.126 e. The topological polar surface area (TPSA) is 21.3 Å². The normalized spacial score (nSPS) is 29.7. The quantitative estimate of drug-likeness (QED) is 0.884. The molecular weight excluding hydrogens is 302 g/mol. The molecule has 3 rings (SSSR count). The number of hydrogen-bond donors (Lipinski definition) is 1. The third-order valence-electron chi connectivity index (χ3n) is 4.58. The van der Waals surface area contributed by atoms with Crippen molar-refractivity contribution in [3.63, 3.8) is 0 Å². The Bertz CT molecular complexity index is 472. The molecule has 2 unspecified atom stereocenters. The van der Waals surface area contributed by atoms with Gasteiger partial charge in [0.1, 0.15) is 11.4 Å². The third-order valence-corrected chi connectivity index (χ3v) is 5.08. The zero-order chi connectivity index (χ0) is 13.5. The second-order valence-corrected chi connectivity index (χ2v) is 6.71. The molecule has 0 bridgehead atoms. The van der Waals surface area contributed by atoms with Gasteiger partial charge in [-0.05, 0) is 43.9 Å². The summed E-state index contributed by atoms with van der Waals surface area (Å²) in [5, 5.41) is 3.64. The van der Waals surface area contributed by atoms with Crippen LogP contribution in [0.1, 0.15) is 51.1 Å². The molecular formula is C16H22BrNO. The van der Waals surface area contributed by atoms with Crippen molar-refractivity contribution in [1.82, 2.24) is 5.32 Å². The van der Waals surface area contributed by atoms with Gasteiger partial charge in [0.05, 0.1) is 0 Å². The van der Waals surface area contributed by atoms with Crippen LogP contribution in [0.4, 0.5) is 0 Å². The molecule has 1 aliphatic carbocycles. The first-order valence-corrected chi connectivity index (χ1v) is 8.19. The molecule has 0 saturated heterocycles. The van der Waals surface area contributed by atoms with Crippen molar-refractivity contribution in [2.75, 3.05) is 6.54 Å². The molecule has 1 N–H and O–H groups in total. The Morgan fingerprint density at radius 2 is 2.16 bits per heavy atom. The first-order chi connectivity index (χ1) is 9.18. The van der Waals surface area contributed by atoms with Crippen LogP contribution in [0.25, 0.3) is 0 Å². The number of fused-ring (bicyclic) bond motifs is 1. The molecule has 19 heavy (non-hydrogen) atoms. The number of ether oxygens (including phenoxy) is 1. The van der Waals surface area contributed by atoms with E-state index < -0.39 is 0 Å². The lowest BCUT2D eigenvalue weighted by molar-refractivity contribution is 0.00587. The maximum Gasteiger partial charge on any atom is 0.126 e. The molecule has 0 spiro atoms. The fraction of sp³-hybridized carbons (Fsp3) is 0.625. The Balaban J connectivity index is 1.99. The Morgan fingerprint density at radius 1 is 1.37 bits per heavy atom. The Morgan fingerprint density at radius 3 is 2.79 bits per heavy atom. The van der Waals surface area contributed by atoms with Gasteiger partial charge >= 0.3 is 0 Å². The van der Waals surface area contributed by atoms with Crippen molar-refractivity contribution >= 4 is 15.9 Å². The monoisotopic (exact) mass is 323 g/mol.